The fraction of sp³-hybridized carbons (Fsp3) is 0.214. The van der Waals surface area contributed by atoms with Gasteiger partial charge in [0.25, 0.3) is 0 Å². The first kappa shape index (κ1) is 15.0. The lowest BCUT2D eigenvalue weighted by Gasteiger charge is -2.10. The first-order chi connectivity index (χ1) is 10.2. The van der Waals surface area contributed by atoms with Crippen molar-refractivity contribution >= 4 is 34.1 Å². The molecule has 0 atom stereocenters. The molecule has 3 amide bonds. The van der Waals surface area contributed by atoms with Crippen molar-refractivity contribution in [2.45, 2.75) is 13.3 Å². The van der Waals surface area contributed by atoms with Crippen LogP contribution in [0.3, 0.4) is 0 Å². The summed E-state index contributed by atoms with van der Waals surface area (Å²) in [5.41, 5.74) is 1.82. The average molecular weight is 304 g/mol. The number of para-hydroxylation sites is 1. The van der Waals surface area contributed by atoms with Crippen LogP contribution in [0.2, 0.25) is 0 Å². The third-order valence-corrected chi connectivity index (χ3v) is 3.42. The van der Waals surface area contributed by atoms with Gasteiger partial charge in [-0.15, -0.1) is 11.3 Å². The van der Waals surface area contributed by atoms with E-state index in [0.29, 0.717) is 5.13 Å². The summed E-state index contributed by atoms with van der Waals surface area (Å²) in [6, 6.07) is 7.12. The average Bonchev–Trinajstić information content (AvgIpc) is 2.98. The molecule has 0 radical (unpaired) electrons. The van der Waals surface area contributed by atoms with Crippen LogP contribution >= 0.6 is 11.3 Å². The highest BCUT2D eigenvalue weighted by molar-refractivity contribution is 7.13. The Hall–Kier alpha value is -2.41. The van der Waals surface area contributed by atoms with Gasteiger partial charge in [-0.1, -0.05) is 25.1 Å². The highest BCUT2D eigenvalue weighted by Gasteiger charge is 2.08. The molecule has 0 bridgehead atoms. The number of aryl methyl sites for hydroxylation is 1. The zero-order chi connectivity index (χ0) is 15.1. The van der Waals surface area contributed by atoms with E-state index in [-0.39, 0.29) is 12.5 Å². The van der Waals surface area contributed by atoms with Gasteiger partial charge >= 0.3 is 6.03 Å². The minimum Gasteiger partial charge on any atom is -0.329 e. The summed E-state index contributed by atoms with van der Waals surface area (Å²) < 4.78 is 0. The van der Waals surface area contributed by atoms with Gasteiger partial charge < -0.3 is 10.6 Å². The van der Waals surface area contributed by atoms with Gasteiger partial charge in [-0.3, -0.25) is 10.1 Å². The van der Waals surface area contributed by atoms with Gasteiger partial charge in [0, 0.05) is 17.3 Å². The maximum atomic E-state index is 11.8. The molecule has 0 spiro atoms. The van der Waals surface area contributed by atoms with E-state index in [4.69, 9.17) is 0 Å². The smallest absolute Gasteiger partial charge is 0.321 e. The summed E-state index contributed by atoms with van der Waals surface area (Å²) in [4.78, 5) is 27.3. The maximum Gasteiger partial charge on any atom is 0.321 e. The van der Waals surface area contributed by atoms with Crippen LogP contribution in [-0.2, 0) is 11.2 Å². The van der Waals surface area contributed by atoms with E-state index in [9.17, 15) is 9.59 Å². The number of carbonyl (C=O) groups excluding carboxylic acids is 2. The molecule has 2 aromatic rings. The van der Waals surface area contributed by atoms with Crippen LogP contribution in [0.25, 0.3) is 0 Å². The number of rotatable bonds is 5. The summed E-state index contributed by atoms with van der Waals surface area (Å²) in [5.74, 6) is -0.273. The number of carbonyl (C=O) groups is 2. The fourth-order valence-electron chi connectivity index (χ4n) is 1.73. The molecule has 1 aromatic heterocycles. The first-order valence-corrected chi connectivity index (χ1v) is 7.39. The van der Waals surface area contributed by atoms with Gasteiger partial charge in [0.1, 0.15) is 0 Å². The largest absolute Gasteiger partial charge is 0.329 e. The Kier molecular flexibility index (Phi) is 5.28. The minimum atomic E-state index is -0.455. The number of hydrogen-bond donors (Lipinski definition) is 3. The molecular weight excluding hydrogens is 288 g/mol. The third kappa shape index (κ3) is 4.57. The second-order valence-corrected chi connectivity index (χ2v) is 5.10. The van der Waals surface area contributed by atoms with Crippen LogP contribution in [0, 0.1) is 0 Å². The van der Waals surface area contributed by atoms with Gasteiger partial charge in [-0.2, -0.15) is 0 Å². The number of nitrogens with one attached hydrogen (secondary N) is 3. The molecule has 7 heteroatoms. The van der Waals surface area contributed by atoms with E-state index >= 15 is 0 Å². The van der Waals surface area contributed by atoms with Gasteiger partial charge in [-0.05, 0) is 18.1 Å². The van der Waals surface area contributed by atoms with Crippen molar-refractivity contribution in [1.29, 1.82) is 0 Å². The van der Waals surface area contributed by atoms with Gasteiger partial charge in [0.05, 0.1) is 6.54 Å². The summed E-state index contributed by atoms with van der Waals surface area (Å²) in [5, 5.41) is 10.0. The Morgan fingerprint density at radius 2 is 2.05 bits per heavy atom. The molecule has 0 saturated heterocycles. The topological polar surface area (TPSA) is 83.1 Å². The van der Waals surface area contributed by atoms with Crippen molar-refractivity contribution in [3.05, 3.63) is 41.4 Å². The Balaban J connectivity index is 1.80. The Morgan fingerprint density at radius 1 is 1.24 bits per heavy atom. The number of anilines is 2. The minimum absolute atomic E-state index is 0.102. The second kappa shape index (κ2) is 7.39. The molecule has 21 heavy (non-hydrogen) atoms. The summed E-state index contributed by atoms with van der Waals surface area (Å²) in [7, 11) is 0. The Bertz CT molecular complexity index is 613. The lowest BCUT2D eigenvalue weighted by molar-refractivity contribution is -0.115. The number of hydrogen-bond acceptors (Lipinski definition) is 4. The summed E-state index contributed by atoms with van der Waals surface area (Å²) in [6.45, 7) is 1.92. The quantitative estimate of drug-likeness (QED) is 0.793. The van der Waals surface area contributed by atoms with Crippen LogP contribution in [0.4, 0.5) is 15.6 Å². The van der Waals surface area contributed by atoms with E-state index in [1.807, 2.05) is 31.2 Å². The number of benzene rings is 1. The van der Waals surface area contributed by atoms with Crippen molar-refractivity contribution < 1.29 is 9.59 Å². The van der Waals surface area contributed by atoms with Crippen LogP contribution < -0.4 is 16.0 Å². The maximum absolute atomic E-state index is 11.8. The van der Waals surface area contributed by atoms with Gasteiger partial charge in [-0.25, -0.2) is 9.78 Å². The zero-order valence-corrected chi connectivity index (χ0v) is 12.4. The van der Waals surface area contributed by atoms with Crippen LogP contribution in [-0.4, -0.2) is 23.5 Å². The van der Waals surface area contributed by atoms with E-state index in [1.54, 1.807) is 11.6 Å². The highest BCUT2D eigenvalue weighted by atomic mass is 32.1. The molecule has 0 fully saturated rings. The number of thiazole rings is 1. The normalized spacial score (nSPS) is 9.95. The second-order valence-electron chi connectivity index (χ2n) is 4.20. The molecule has 0 aliphatic carbocycles. The van der Waals surface area contributed by atoms with Crippen LogP contribution in [0.15, 0.2) is 35.8 Å². The molecular formula is C14H16N4O2S. The van der Waals surface area contributed by atoms with Gasteiger partial charge in [0.2, 0.25) is 5.91 Å². The van der Waals surface area contributed by atoms with E-state index in [0.717, 1.165) is 17.7 Å². The zero-order valence-electron chi connectivity index (χ0n) is 11.6. The molecule has 2 rings (SSSR count). The number of urea groups is 1. The molecule has 110 valence electrons. The molecule has 3 N–H and O–H groups in total. The number of aromatic nitrogens is 1. The molecule has 1 aromatic carbocycles. The number of amides is 3. The lowest BCUT2D eigenvalue weighted by Crippen LogP contribution is -2.35. The molecule has 0 aliphatic rings. The van der Waals surface area contributed by atoms with Crippen molar-refractivity contribution in [2.75, 3.05) is 17.2 Å². The third-order valence-electron chi connectivity index (χ3n) is 2.73. The SMILES string of the molecule is CCc1ccccc1NC(=O)CNC(=O)Nc1nccs1. The molecule has 0 saturated carbocycles. The molecule has 0 aliphatic heterocycles. The molecule has 6 nitrogen and oxygen atoms in total. The predicted octanol–water partition coefficient (Wildman–Crippen LogP) is 2.47. The standard InChI is InChI=1S/C14H16N4O2S/c1-2-10-5-3-4-6-11(10)17-12(19)9-16-13(20)18-14-15-7-8-21-14/h3-8H,2,9H2,1H3,(H,17,19)(H2,15,16,18,20). The Labute approximate surface area is 126 Å². The van der Waals surface area contributed by atoms with Crippen molar-refractivity contribution in [1.82, 2.24) is 10.3 Å². The lowest BCUT2D eigenvalue weighted by atomic mass is 10.1. The molecule has 1 heterocycles. The summed E-state index contributed by atoms with van der Waals surface area (Å²) in [6.07, 6.45) is 2.42. The van der Waals surface area contributed by atoms with Crippen LogP contribution in [0.1, 0.15) is 12.5 Å². The van der Waals surface area contributed by atoms with Crippen molar-refractivity contribution in [2.24, 2.45) is 0 Å². The van der Waals surface area contributed by atoms with E-state index in [1.165, 1.54) is 11.3 Å². The first-order valence-electron chi connectivity index (χ1n) is 6.51. The highest BCUT2D eigenvalue weighted by Crippen LogP contribution is 2.15. The van der Waals surface area contributed by atoms with E-state index < -0.39 is 6.03 Å². The van der Waals surface area contributed by atoms with Crippen molar-refractivity contribution in [3.8, 4) is 0 Å². The van der Waals surface area contributed by atoms with Gasteiger partial charge in [0.15, 0.2) is 5.13 Å². The summed E-state index contributed by atoms with van der Waals surface area (Å²) >= 11 is 1.31. The fourth-order valence-corrected chi connectivity index (χ4v) is 2.26. The predicted molar refractivity (Wildman–Crippen MR) is 83.6 cm³/mol. The Morgan fingerprint density at radius 3 is 2.76 bits per heavy atom. The van der Waals surface area contributed by atoms with Crippen molar-refractivity contribution in [3.63, 3.8) is 0 Å². The monoisotopic (exact) mass is 304 g/mol. The van der Waals surface area contributed by atoms with E-state index in [2.05, 4.69) is 20.9 Å². The molecule has 0 unspecified atom stereocenters. The van der Waals surface area contributed by atoms with Crippen LogP contribution in [0.5, 0.6) is 0 Å². The number of nitrogens with zero attached hydrogens (tertiary/aromatic N) is 1.